The highest BCUT2D eigenvalue weighted by Gasteiger charge is 2.31. The molecule has 0 atom stereocenters. The molecule has 1 N–H and O–H groups in total. The average Bonchev–Trinajstić information content (AvgIpc) is 2.83. The second kappa shape index (κ2) is 11.6. The molecule has 3 aromatic rings. The SMILES string of the molecule is COc1cccc(CC(=O)NN=CCc2cc(Br)ccc2OS(=O)(=O)c2ccc(C(F)(F)F)cc2)c1. The standard InChI is InChI=1S/C24H20BrF3N2O5S/c1-34-20-4-2-3-16(13-20)14-23(31)30-29-12-11-17-15-19(25)7-10-22(17)35-36(32,33)21-8-5-18(6-9-21)24(26,27)28/h2-10,12-13,15H,11,14H2,1H3,(H,30,31). The maximum Gasteiger partial charge on any atom is 0.416 e. The van der Waals surface area contributed by atoms with Crippen LogP contribution in [0.5, 0.6) is 11.5 Å². The zero-order chi connectivity index (χ0) is 26.3. The molecule has 3 rings (SSSR count). The van der Waals surface area contributed by atoms with Gasteiger partial charge in [0.2, 0.25) is 5.91 Å². The van der Waals surface area contributed by atoms with E-state index in [-0.39, 0.29) is 24.5 Å². The number of nitrogens with one attached hydrogen (secondary N) is 1. The van der Waals surface area contributed by atoms with Crippen LogP contribution in [0.1, 0.15) is 16.7 Å². The highest BCUT2D eigenvalue weighted by Crippen LogP contribution is 2.31. The Morgan fingerprint density at radius 1 is 1.08 bits per heavy atom. The van der Waals surface area contributed by atoms with Crippen LogP contribution >= 0.6 is 15.9 Å². The van der Waals surface area contributed by atoms with E-state index in [9.17, 15) is 26.4 Å². The zero-order valence-corrected chi connectivity index (χ0v) is 21.2. The number of ether oxygens (including phenoxy) is 1. The van der Waals surface area contributed by atoms with E-state index in [4.69, 9.17) is 8.92 Å². The Kier molecular flexibility index (Phi) is 8.75. The van der Waals surface area contributed by atoms with Gasteiger partial charge in [0.25, 0.3) is 0 Å². The Morgan fingerprint density at radius 3 is 2.47 bits per heavy atom. The van der Waals surface area contributed by atoms with E-state index in [1.807, 2.05) is 0 Å². The number of halogens is 4. The zero-order valence-electron chi connectivity index (χ0n) is 18.8. The summed E-state index contributed by atoms with van der Waals surface area (Å²) in [6.45, 7) is 0. The van der Waals surface area contributed by atoms with Crippen LogP contribution in [0.25, 0.3) is 0 Å². The minimum Gasteiger partial charge on any atom is -0.497 e. The number of hydrogen-bond donors (Lipinski definition) is 1. The van der Waals surface area contributed by atoms with Crippen molar-refractivity contribution in [2.24, 2.45) is 5.10 Å². The van der Waals surface area contributed by atoms with E-state index in [0.29, 0.717) is 27.9 Å². The predicted octanol–water partition coefficient (Wildman–Crippen LogP) is 5.13. The van der Waals surface area contributed by atoms with Crippen LogP contribution in [0, 0.1) is 0 Å². The molecular weight excluding hydrogens is 565 g/mol. The van der Waals surface area contributed by atoms with Crippen molar-refractivity contribution in [3.05, 3.63) is 87.9 Å². The number of methoxy groups -OCH3 is 1. The van der Waals surface area contributed by atoms with E-state index in [1.54, 1.807) is 36.4 Å². The normalized spacial score (nSPS) is 11.9. The number of rotatable bonds is 9. The lowest BCUT2D eigenvalue weighted by atomic mass is 10.1. The average molecular weight is 585 g/mol. The monoisotopic (exact) mass is 584 g/mol. The molecule has 0 unspecified atom stereocenters. The van der Waals surface area contributed by atoms with Gasteiger partial charge in [0.1, 0.15) is 16.4 Å². The van der Waals surface area contributed by atoms with Gasteiger partial charge in [0.05, 0.1) is 19.1 Å². The third kappa shape index (κ3) is 7.56. The molecule has 0 saturated carbocycles. The van der Waals surface area contributed by atoms with E-state index in [2.05, 4.69) is 26.5 Å². The quantitative estimate of drug-likeness (QED) is 0.214. The third-order valence-electron chi connectivity index (χ3n) is 4.78. The fourth-order valence-corrected chi connectivity index (χ4v) is 4.41. The van der Waals surface area contributed by atoms with Crippen LogP contribution in [-0.4, -0.2) is 27.6 Å². The van der Waals surface area contributed by atoms with Crippen molar-refractivity contribution >= 4 is 38.2 Å². The van der Waals surface area contributed by atoms with Crippen molar-refractivity contribution in [2.45, 2.75) is 23.9 Å². The van der Waals surface area contributed by atoms with Crippen molar-refractivity contribution in [3.63, 3.8) is 0 Å². The van der Waals surface area contributed by atoms with Gasteiger partial charge in [0, 0.05) is 22.7 Å². The number of nitrogens with zero attached hydrogens (tertiary/aromatic N) is 1. The number of carbonyl (C=O) groups is 1. The molecule has 36 heavy (non-hydrogen) atoms. The summed E-state index contributed by atoms with van der Waals surface area (Å²) in [5.41, 5.74) is 2.56. The lowest BCUT2D eigenvalue weighted by Gasteiger charge is -2.12. The first kappa shape index (κ1) is 27.2. The summed E-state index contributed by atoms with van der Waals surface area (Å²) in [6.07, 6.45) is -3.06. The Bertz CT molecular complexity index is 1360. The van der Waals surface area contributed by atoms with Gasteiger partial charge in [-0.3, -0.25) is 4.79 Å². The molecule has 0 radical (unpaired) electrons. The van der Waals surface area contributed by atoms with E-state index in [0.717, 1.165) is 17.7 Å². The van der Waals surface area contributed by atoms with E-state index < -0.39 is 26.8 Å². The van der Waals surface area contributed by atoms with Gasteiger partial charge in [0.15, 0.2) is 0 Å². The van der Waals surface area contributed by atoms with Crippen LogP contribution in [0.2, 0.25) is 0 Å². The fourth-order valence-electron chi connectivity index (χ4n) is 3.03. The Labute approximate surface area is 214 Å². The van der Waals surface area contributed by atoms with Gasteiger partial charge in [-0.15, -0.1) is 0 Å². The molecule has 0 aromatic heterocycles. The topological polar surface area (TPSA) is 94.1 Å². The van der Waals surface area contributed by atoms with Crippen molar-refractivity contribution in [3.8, 4) is 11.5 Å². The maximum absolute atomic E-state index is 12.8. The Morgan fingerprint density at radius 2 is 1.81 bits per heavy atom. The summed E-state index contributed by atoms with van der Waals surface area (Å²) in [6, 6.07) is 14.6. The fraction of sp³-hybridized carbons (Fsp3) is 0.167. The first-order valence-corrected chi connectivity index (χ1v) is 12.5. The number of amides is 1. The van der Waals surface area contributed by atoms with Gasteiger partial charge >= 0.3 is 16.3 Å². The van der Waals surface area contributed by atoms with E-state index in [1.165, 1.54) is 19.4 Å². The maximum atomic E-state index is 12.8. The van der Waals surface area contributed by atoms with Crippen LogP contribution in [0.4, 0.5) is 13.2 Å². The van der Waals surface area contributed by atoms with Crippen molar-refractivity contribution in [1.29, 1.82) is 0 Å². The number of hydrazone groups is 1. The van der Waals surface area contributed by atoms with Gasteiger partial charge in [-0.2, -0.15) is 26.7 Å². The summed E-state index contributed by atoms with van der Waals surface area (Å²) < 4.78 is 74.5. The minimum atomic E-state index is -4.59. The largest absolute Gasteiger partial charge is 0.497 e. The molecule has 0 aliphatic heterocycles. The van der Waals surface area contributed by atoms with Crippen molar-refractivity contribution < 1.29 is 35.3 Å². The van der Waals surface area contributed by atoms with Gasteiger partial charge in [-0.1, -0.05) is 28.1 Å². The minimum absolute atomic E-state index is 0.0349. The van der Waals surface area contributed by atoms with Gasteiger partial charge in [-0.25, -0.2) is 5.43 Å². The van der Waals surface area contributed by atoms with Crippen LogP contribution in [-0.2, 0) is 33.9 Å². The first-order chi connectivity index (χ1) is 17.0. The van der Waals surface area contributed by atoms with Crippen LogP contribution < -0.4 is 14.3 Å². The number of carbonyl (C=O) groups excluding carboxylic acids is 1. The smallest absolute Gasteiger partial charge is 0.416 e. The Hall–Kier alpha value is -3.38. The molecule has 0 fully saturated rings. The molecule has 7 nitrogen and oxygen atoms in total. The third-order valence-corrected chi connectivity index (χ3v) is 6.52. The summed E-state index contributed by atoms with van der Waals surface area (Å²) in [4.78, 5) is 11.7. The summed E-state index contributed by atoms with van der Waals surface area (Å²) >= 11 is 3.29. The molecule has 0 saturated heterocycles. The van der Waals surface area contributed by atoms with Crippen LogP contribution in [0.15, 0.2) is 81.2 Å². The molecule has 0 aliphatic carbocycles. The first-order valence-electron chi connectivity index (χ1n) is 10.3. The molecule has 1 amide bonds. The molecule has 12 heteroatoms. The molecule has 0 spiro atoms. The molecule has 3 aromatic carbocycles. The van der Waals surface area contributed by atoms with Gasteiger partial charge < -0.3 is 8.92 Å². The van der Waals surface area contributed by atoms with E-state index >= 15 is 0 Å². The summed E-state index contributed by atoms with van der Waals surface area (Å²) in [5.74, 6) is 0.222. The number of benzene rings is 3. The van der Waals surface area contributed by atoms with Crippen molar-refractivity contribution in [2.75, 3.05) is 7.11 Å². The Balaban J connectivity index is 1.66. The highest BCUT2D eigenvalue weighted by atomic mass is 79.9. The molecule has 0 bridgehead atoms. The summed E-state index contributed by atoms with van der Waals surface area (Å²) in [7, 11) is -2.88. The molecular formula is C24H20BrF3N2O5S. The lowest BCUT2D eigenvalue weighted by molar-refractivity contribution is -0.137. The second-order valence-corrected chi connectivity index (χ2v) is 9.85. The predicted molar refractivity (Wildman–Crippen MR) is 130 cm³/mol. The number of alkyl halides is 3. The van der Waals surface area contributed by atoms with Crippen molar-refractivity contribution in [1.82, 2.24) is 5.43 Å². The molecule has 0 aliphatic rings. The second-order valence-electron chi connectivity index (χ2n) is 7.39. The summed E-state index contributed by atoms with van der Waals surface area (Å²) in [5, 5.41) is 3.88. The molecule has 0 heterocycles. The lowest BCUT2D eigenvalue weighted by Crippen LogP contribution is -2.19. The van der Waals surface area contributed by atoms with Crippen LogP contribution in [0.3, 0.4) is 0 Å². The number of hydrogen-bond acceptors (Lipinski definition) is 6. The van der Waals surface area contributed by atoms with Gasteiger partial charge in [-0.05, 0) is 60.2 Å². The molecule has 190 valence electrons. The highest BCUT2D eigenvalue weighted by molar-refractivity contribution is 9.10.